The average Bonchev–Trinajstić information content (AvgIpc) is 2.63. The lowest BCUT2D eigenvalue weighted by Gasteiger charge is -2.22. The molecule has 1 saturated carbocycles. The molecule has 0 unspecified atom stereocenters. The first kappa shape index (κ1) is 16.5. The Morgan fingerprint density at radius 2 is 1.54 bits per heavy atom. The van der Waals surface area contributed by atoms with Gasteiger partial charge >= 0.3 is 0 Å². The zero-order valence-electron chi connectivity index (χ0n) is 13.4. The molecule has 124 valence electrons. The van der Waals surface area contributed by atoms with Crippen LogP contribution in [0.3, 0.4) is 0 Å². The molecule has 3 rings (SSSR count). The number of rotatable bonds is 4. The zero-order valence-corrected chi connectivity index (χ0v) is 14.2. The van der Waals surface area contributed by atoms with E-state index in [1.54, 1.807) is 36.4 Å². The molecule has 2 aromatic carbocycles. The van der Waals surface area contributed by atoms with Gasteiger partial charge in [0.2, 0.25) is 0 Å². The molecule has 0 bridgehead atoms. The van der Waals surface area contributed by atoms with Gasteiger partial charge in [-0.05, 0) is 60.7 Å². The highest BCUT2D eigenvalue weighted by Crippen LogP contribution is 2.33. The molecule has 0 heterocycles. The maximum Gasteiger partial charge on any atom is 0.261 e. The summed E-state index contributed by atoms with van der Waals surface area (Å²) in [7, 11) is -3.61. The third-order valence-corrected chi connectivity index (χ3v) is 5.93. The second-order valence-electron chi connectivity index (χ2n) is 6.20. The van der Waals surface area contributed by atoms with Crippen LogP contribution in [0.5, 0.6) is 0 Å². The Morgan fingerprint density at radius 1 is 0.917 bits per heavy atom. The third-order valence-electron chi connectivity index (χ3n) is 4.53. The molecule has 1 fully saturated rings. The molecule has 0 radical (unpaired) electrons. The fraction of sp³-hybridized carbons (Fsp3) is 0.316. The molecule has 0 saturated heterocycles. The van der Waals surface area contributed by atoms with Gasteiger partial charge in [-0.15, -0.1) is 0 Å². The highest BCUT2D eigenvalue weighted by molar-refractivity contribution is 7.92. The van der Waals surface area contributed by atoms with Crippen LogP contribution >= 0.6 is 0 Å². The van der Waals surface area contributed by atoms with E-state index in [1.807, 2.05) is 18.2 Å². The van der Waals surface area contributed by atoms with Crippen molar-refractivity contribution in [2.24, 2.45) is 0 Å². The number of hydrogen-bond donors (Lipinski definition) is 1. The van der Waals surface area contributed by atoms with Gasteiger partial charge in [0.1, 0.15) is 0 Å². The van der Waals surface area contributed by atoms with Crippen molar-refractivity contribution in [3.05, 3.63) is 59.7 Å². The van der Waals surface area contributed by atoms with Crippen LogP contribution in [0.2, 0.25) is 0 Å². The summed E-state index contributed by atoms with van der Waals surface area (Å²) in [5, 5.41) is 8.78. The molecule has 5 heteroatoms. The first-order valence-electron chi connectivity index (χ1n) is 8.21. The fourth-order valence-corrected chi connectivity index (χ4v) is 4.24. The van der Waals surface area contributed by atoms with E-state index < -0.39 is 10.0 Å². The minimum Gasteiger partial charge on any atom is -0.280 e. The maximum atomic E-state index is 12.5. The van der Waals surface area contributed by atoms with E-state index in [-0.39, 0.29) is 4.90 Å². The van der Waals surface area contributed by atoms with E-state index in [2.05, 4.69) is 4.72 Å². The molecule has 24 heavy (non-hydrogen) atoms. The van der Waals surface area contributed by atoms with Gasteiger partial charge in [0, 0.05) is 5.69 Å². The Kier molecular flexibility index (Phi) is 4.86. The van der Waals surface area contributed by atoms with Crippen LogP contribution in [0, 0.1) is 11.3 Å². The summed E-state index contributed by atoms with van der Waals surface area (Å²) in [5.41, 5.74) is 2.17. The molecular formula is C19H20N2O2S. The van der Waals surface area contributed by atoms with Crippen molar-refractivity contribution in [1.82, 2.24) is 0 Å². The second kappa shape index (κ2) is 7.06. The van der Waals surface area contributed by atoms with Gasteiger partial charge in [-0.1, -0.05) is 31.4 Å². The molecular weight excluding hydrogens is 320 g/mol. The zero-order chi connectivity index (χ0) is 17.0. The largest absolute Gasteiger partial charge is 0.280 e. The first-order valence-corrected chi connectivity index (χ1v) is 9.70. The van der Waals surface area contributed by atoms with Gasteiger partial charge in [0.15, 0.2) is 0 Å². The van der Waals surface area contributed by atoms with Gasteiger partial charge in [-0.2, -0.15) is 5.26 Å². The minimum absolute atomic E-state index is 0.256. The van der Waals surface area contributed by atoms with E-state index in [1.165, 1.54) is 37.7 Å². The third kappa shape index (κ3) is 3.77. The normalized spacial score (nSPS) is 15.6. The Bertz CT molecular complexity index is 828. The summed E-state index contributed by atoms with van der Waals surface area (Å²) in [5.74, 6) is 0.557. The number of hydrogen-bond acceptors (Lipinski definition) is 3. The summed E-state index contributed by atoms with van der Waals surface area (Å²) >= 11 is 0. The molecule has 1 aliphatic rings. The topological polar surface area (TPSA) is 70.0 Å². The molecule has 0 spiro atoms. The number of sulfonamides is 1. The van der Waals surface area contributed by atoms with Crippen molar-refractivity contribution in [2.75, 3.05) is 4.72 Å². The van der Waals surface area contributed by atoms with Crippen LogP contribution in [-0.2, 0) is 10.0 Å². The van der Waals surface area contributed by atoms with Crippen molar-refractivity contribution in [2.45, 2.75) is 42.9 Å². The number of nitrogens with zero attached hydrogens (tertiary/aromatic N) is 1. The van der Waals surface area contributed by atoms with Crippen LogP contribution in [0.1, 0.15) is 49.1 Å². The van der Waals surface area contributed by atoms with E-state index >= 15 is 0 Å². The van der Waals surface area contributed by atoms with Crippen LogP contribution in [0.4, 0.5) is 5.69 Å². The van der Waals surface area contributed by atoms with E-state index in [0.717, 1.165) is 0 Å². The van der Waals surface area contributed by atoms with E-state index in [9.17, 15) is 8.42 Å². The first-order chi connectivity index (χ1) is 11.6. The summed E-state index contributed by atoms with van der Waals surface area (Å²) in [6.45, 7) is 0. The molecule has 0 amide bonds. The van der Waals surface area contributed by atoms with Crippen molar-refractivity contribution < 1.29 is 8.42 Å². The summed E-state index contributed by atoms with van der Waals surface area (Å²) in [6.07, 6.45) is 6.19. The monoisotopic (exact) mass is 340 g/mol. The van der Waals surface area contributed by atoms with Crippen molar-refractivity contribution >= 4 is 15.7 Å². The molecule has 0 aliphatic heterocycles. The lowest BCUT2D eigenvalue weighted by Crippen LogP contribution is -2.13. The lowest BCUT2D eigenvalue weighted by atomic mass is 9.84. The van der Waals surface area contributed by atoms with Gasteiger partial charge in [0.25, 0.3) is 10.0 Å². The van der Waals surface area contributed by atoms with Crippen LogP contribution in [0.15, 0.2) is 53.4 Å². The van der Waals surface area contributed by atoms with Gasteiger partial charge in [0.05, 0.1) is 16.5 Å². The SMILES string of the molecule is N#Cc1ccc(NS(=O)(=O)c2ccc(C3CCCCC3)cc2)cc1. The number of anilines is 1. The smallest absolute Gasteiger partial charge is 0.261 e. The second-order valence-corrected chi connectivity index (χ2v) is 7.88. The van der Waals surface area contributed by atoms with Gasteiger partial charge < -0.3 is 0 Å². The van der Waals surface area contributed by atoms with Crippen molar-refractivity contribution in [3.8, 4) is 6.07 Å². The van der Waals surface area contributed by atoms with Crippen molar-refractivity contribution in [1.29, 1.82) is 5.26 Å². The Hall–Kier alpha value is -2.32. The lowest BCUT2D eigenvalue weighted by molar-refractivity contribution is 0.443. The van der Waals surface area contributed by atoms with Gasteiger partial charge in [-0.25, -0.2) is 8.42 Å². The highest BCUT2D eigenvalue weighted by Gasteiger charge is 2.18. The minimum atomic E-state index is -3.61. The van der Waals surface area contributed by atoms with E-state index in [0.29, 0.717) is 17.2 Å². The van der Waals surface area contributed by atoms with Gasteiger partial charge in [-0.3, -0.25) is 4.72 Å². The number of benzene rings is 2. The van der Waals surface area contributed by atoms with Crippen molar-refractivity contribution in [3.63, 3.8) is 0 Å². The molecule has 1 N–H and O–H groups in total. The Labute approximate surface area is 143 Å². The van der Waals surface area contributed by atoms with E-state index in [4.69, 9.17) is 5.26 Å². The number of nitrogens with one attached hydrogen (secondary N) is 1. The Morgan fingerprint density at radius 3 is 2.12 bits per heavy atom. The Balaban J connectivity index is 1.75. The summed E-state index contributed by atoms with van der Waals surface area (Å²) in [4.78, 5) is 0.256. The van der Waals surface area contributed by atoms with Crippen LogP contribution in [-0.4, -0.2) is 8.42 Å². The number of nitriles is 1. The average molecular weight is 340 g/mol. The predicted molar refractivity (Wildman–Crippen MR) is 94.2 cm³/mol. The fourth-order valence-electron chi connectivity index (χ4n) is 3.18. The van der Waals surface area contributed by atoms with Crippen LogP contribution in [0.25, 0.3) is 0 Å². The highest BCUT2D eigenvalue weighted by atomic mass is 32.2. The molecule has 2 aromatic rings. The molecule has 4 nitrogen and oxygen atoms in total. The summed E-state index contributed by atoms with van der Waals surface area (Å²) in [6, 6.07) is 15.6. The maximum absolute atomic E-state index is 12.5. The standard InChI is InChI=1S/C19H20N2O2S/c20-14-15-6-10-18(11-7-15)21-24(22,23)19-12-8-17(9-13-19)16-4-2-1-3-5-16/h6-13,16,21H,1-5H2. The van der Waals surface area contributed by atoms with Crippen LogP contribution < -0.4 is 4.72 Å². The molecule has 1 aliphatic carbocycles. The predicted octanol–water partition coefficient (Wildman–Crippen LogP) is 4.41. The molecule has 0 aromatic heterocycles. The summed E-state index contributed by atoms with van der Waals surface area (Å²) < 4.78 is 27.5. The molecule has 0 atom stereocenters. The quantitative estimate of drug-likeness (QED) is 0.896.